The van der Waals surface area contributed by atoms with E-state index in [1.807, 2.05) is 48.5 Å². The summed E-state index contributed by atoms with van der Waals surface area (Å²) in [5, 5.41) is 0. The SMILES string of the molecule is NC(Cc1ccccc1)(c1ccccc1)C(N)(Cc1ccccc1)c1ccccc1. The van der Waals surface area contributed by atoms with Gasteiger partial charge in [0, 0.05) is 0 Å². The Hall–Kier alpha value is -3.20. The van der Waals surface area contributed by atoms with Crippen LogP contribution in [0.3, 0.4) is 0 Å². The highest BCUT2D eigenvalue weighted by Crippen LogP contribution is 2.41. The second kappa shape index (κ2) is 8.66. The van der Waals surface area contributed by atoms with Crippen LogP contribution in [0.1, 0.15) is 22.3 Å². The molecule has 0 aliphatic carbocycles. The van der Waals surface area contributed by atoms with Crippen molar-refractivity contribution in [3.05, 3.63) is 144 Å². The van der Waals surface area contributed by atoms with Gasteiger partial charge in [0.1, 0.15) is 0 Å². The third-order valence-corrected chi connectivity index (χ3v) is 6.03. The lowest BCUT2D eigenvalue weighted by Gasteiger charge is -2.47. The monoisotopic (exact) mass is 392 g/mol. The Bertz CT molecular complexity index is 960. The van der Waals surface area contributed by atoms with Crippen molar-refractivity contribution in [3.63, 3.8) is 0 Å². The van der Waals surface area contributed by atoms with E-state index in [4.69, 9.17) is 11.5 Å². The summed E-state index contributed by atoms with van der Waals surface area (Å²) in [6.45, 7) is 0. The highest BCUT2D eigenvalue weighted by Gasteiger charge is 2.48. The van der Waals surface area contributed by atoms with Gasteiger partial charge in [0.15, 0.2) is 0 Å². The fourth-order valence-electron chi connectivity index (χ4n) is 4.34. The maximum absolute atomic E-state index is 7.38. The van der Waals surface area contributed by atoms with Gasteiger partial charge in [-0.2, -0.15) is 0 Å². The van der Waals surface area contributed by atoms with E-state index in [9.17, 15) is 0 Å². The summed E-state index contributed by atoms with van der Waals surface area (Å²) in [5.41, 5.74) is 17.6. The number of benzene rings is 4. The summed E-state index contributed by atoms with van der Waals surface area (Å²) >= 11 is 0. The molecule has 0 bridgehead atoms. The van der Waals surface area contributed by atoms with Gasteiger partial charge in [0.2, 0.25) is 0 Å². The molecule has 0 aliphatic rings. The lowest BCUT2D eigenvalue weighted by atomic mass is 9.64. The average molecular weight is 393 g/mol. The molecular weight excluding hydrogens is 364 g/mol. The average Bonchev–Trinajstić information content (AvgIpc) is 2.81. The first-order chi connectivity index (χ1) is 14.6. The Morgan fingerprint density at radius 2 is 0.667 bits per heavy atom. The van der Waals surface area contributed by atoms with Crippen LogP contribution in [0.5, 0.6) is 0 Å². The van der Waals surface area contributed by atoms with Gasteiger partial charge in [-0.25, -0.2) is 0 Å². The summed E-state index contributed by atoms with van der Waals surface area (Å²) in [5.74, 6) is 0. The molecule has 2 heteroatoms. The van der Waals surface area contributed by atoms with E-state index in [1.165, 1.54) is 11.1 Å². The molecule has 0 spiro atoms. The van der Waals surface area contributed by atoms with Crippen LogP contribution in [0.4, 0.5) is 0 Å². The summed E-state index contributed by atoms with van der Waals surface area (Å²) in [6.07, 6.45) is 1.27. The van der Waals surface area contributed by atoms with Crippen LogP contribution in [0, 0.1) is 0 Å². The molecule has 0 aromatic heterocycles. The van der Waals surface area contributed by atoms with Gasteiger partial charge in [-0.3, -0.25) is 0 Å². The van der Waals surface area contributed by atoms with E-state index in [0.29, 0.717) is 12.8 Å². The summed E-state index contributed by atoms with van der Waals surface area (Å²) in [7, 11) is 0. The summed E-state index contributed by atoms with van der Waals surface area (Å²) in [4.78, 5) is 0. The van der Waals surface area contributed by atoms with Gasteiger partial charge in [-0.05, 0) is 35.1 Å². The van der Waals surface area contributed by atoms with Crippen molar-refractivity contribution < 1.29 is 0 Å². The van der Waals surface area contributed by atoms with Crippen LogP contribution >= 0.6 is 0 Å². The van der Waals surface area contributed by atoms with Crippen molar-refractivity contribution in [2.24, 2.45) is 11.5 Å². The molecular formula is C28H28N2. The third kappa shape index (κ3) is 3.93. The fourth-order valence-corrected chi connectivity index (χ4v) is 4.34. The predicted octanol–water partition coefficient (Wildman–Crippen LogP) is 5.18. The highest BCUT2D eigenvalue weighted by atomic mass is 14.9. The molecule has 4 aromatic carbocycles. The predicted molar refractivity (Wildman–Crippen MR) is 125 cm³/mol. The van der Waals surface area contributed by atoms with Crippen molar-refractivity contribution >= 4 is 0 Å². The van der Waals surface area contributed by atoms with Gasteiger partial charge in [0.05, 0.1) is 11.1 Å². The first kappa shape index (κ1) is 20.1. The van der Waals surface area contributed by atoms with Crippen LogP contribution in [0.2, 0.25) is 0 Å². The topological polar surface area (TPSA) is 52.0 Å². The minimum Gasteiger partial charge on any atom is -0.319 e. The van der Waals surface area contributed by atoms with Crippen molar-refractivity contribution in [1.82, 2.24) is 0 Å². The largest absolute Gasteiger partial charge is 0.319 e. The number of hydrogen-bond acceptors (Lipinski definition) is 2. The fraction of sp³-hybridized carbons (Fsp3) is 0.143. The zero-order valence-corrected chi connectivity index (χ0v) is 17.1. The van der Waals surface area contributed by atoms with E-state index in [-0.39, 0.29) is 0 Å². The lowest BCUT2D eigenvalue weighted by molar-refractivity contribution is 0.216. The van der Waals surface area contributed by atoms with Gasteiger partial charge < -0.3 is 11.5 Å². The minimum absolute atomic E-state index is 0.635. The zero-order valence-electron chi connectivity index (χ0n) is 17.1. The van der Waals surface area contributed by atoms with E-state index < -0.39 is 11.1 Å². The number of nitrogens with two attached hydrogens (primary N) is 2. The van der Waals surface area contributed by atoms with Gasteiger partial charge in [0.25, 0.3) is 0 Å². The van der Waals surface area contributed by atoms with E-state index in [2.05, 4.69) is 72.8 Å². The number of rotatable bonds is 7. The molecule has 2 atom stereocenters. The zero-order chi connectivity index (χ0) is 20.9. The summed E-state index contributed by atoms with van der Waals surface area (Å²) < 4.78 is 0. The molecule has 0 saturated carbocycles. The third-order valence-electron chi connectivity index (χ3n) is 6.03. The second-order valence-electron chi connectivity index (χ2n) is 8.00. The molecule has 0 fully saturated rings. The van der Waals surface area contributed by atoms with Crippen molar-refractivity contribution in [1.29, 1.82) is 0 Å². The van der Waals surface area contributed by atoms with Gasteiger partial charge in [-0.1, -0.05) is 121 Å². The minimum atomic E-state index is -0.813. The van der Waals surface area contributed by atoms with E-state index in [0.717, 1.165) is 11.1 Å². The molecule has 2 unspecified atom stereocenters. The molecule has 0 aliphatic heterocycles. The molecule has 30 heavy (non-hydrogen) atoms. The van der Waals surface area contributed by atoms with Crippen LogP contribution < -0.4 is 11.5 Å². The lowest BCUT2D eigenvalue weighted by Crippen LogP contribution is -2.63. The van der Waals surface area contributed by atoms with E-state index in [1.54, 1.807) is 0 Å². The molecule has 0 radical (unpaired) electrons. The molecule has 4 N–H and O–H groups in total. The van der Waals surface area contributed by atoms with Crippen LogP contribution in [0.25, 0.3) is 0 Å². The van der Waals surface area contributed by atoms with Gasteiger partial charge in [-0.15, -0.1) is 0 Å². The molecule has 150 valence electrons. The normalized spacial score (nSPS) is 15.1. The first-order valence-electron chi connectivity index (χ1n) is 10.4. The van der Waals surface area contributed by atoms with Gasteiger partial charge >= 0.3 is 0 Å². The Kier molecular flexibility index (Phi) is 5.80. The first-order valence-corrected chi connectivity index (χ1v) is 10.4. The summed E-state index contributed by atoms with van der Waals surface area (Å²) in [6, 6.07) is 41.3. The molecule has 0 amide bonds. The standard InChI is InChI=1S/C28H28N2/c29-27(25-17-9-3-10-18-25,21-23-13-5-1-6-14-23)28(30,26-19-11-4-12-20-26)22-24-15-7-2-8-16-24/h1-20H,21-22,29-30H2. The number of hydrogen-bond donors (Lipinski definition) is 2. The van der Waals surface area contributed by atoms with Crippen LogP contribution in [-0.4, -0.2) is 0 Å². The van der Waals surface area contributed by atoms with Crippen LogP contribution in [0.15, 0.2) is 121 Å². The van der Waals surface area contributed by atoms with Crippen molar-refractivity contribution in [2.75, 3.05) is 0 Å². The Morgan fingerprint density at radius 1 is 0.400 bits per heavy atom. The van der Waals surface area contributed by atoms with Crippen molar-refractivity contribution in [2.45, 2.75) is 23.9 Å². The Balaban J connectivity index is 1.91. The molecule has 4 aromatic rings. The molecule has 0 heterocycles. The van der Waals surface area contributed by atoms with E-state index >= 15 is 0 Å². The highest BCUT2D eigenvalue weighted by molar-refractivity contribution is 5.41. The second-order valence-corrected chi connectivity index (χ2v) is 8.00. The molecule has 4 rings (SSSR count). The molecule has 0 saturated heterocycles. The maximum atomic E-state index is 7.38. The Labute approximate surface area is 179 Å². The molecule has 2 nitrogen and oxygen atoms in total. The maximum Gasteiger partial charge on any atom is 0.0678 e. The quantitative estimate of drug-likeness (QED) is 0.455. The Morgan fingerprint density at radius 3 is 0.967 bits per heavy atom. The van der Waals surface area contributed by atoms with Crippen LogP contribution in [-0.2, 0) is 23.9 Å². The smallest absolute Gasteiger partial charge is 0.0678 e. The van der Waals surface area contributed by atoms with Crippen molar-refractivity contribution in [3.8, 4) is 0 Å².